The highest BCUT2D eigenvalue weighted by molar-refractivity contribution is 6.02. The van der Waals surface area contributed by atoms with E-state index in [4.69, 9.17) is 0 Å². The highest BCUT2D eigenvalue weighted by Crippen LogP contribution is 2.20. The van der Waals surface area contributed by atoms with Crippen molar-refractivity contribution in [3.05, 3.63) is 53.9 Å². The van der Waals surface area contributed by atoms with Crippen LogP contribution in [0.15, 0.2) is 36.7 Å². The van der Waals surface area contributed by atoms with Crippen LogP contribution >= 0.6 is 0 Å². The first kappa shape index (κ1) is 13.6. The molecule has 1 saturated heterocycles. The SMILES string of the molecule is O=C(Nc1ccc(F)cc1)c1cncc([C@@H]2CCCN2)n1. The van der Waals surface area contributed by atoms with Crippen molar-refractivity contribution < 1.29 is 9.18 Å². The van der Waals surface area contributed by atoms with Crippen LogP contribution in [0, 0.1) is 5.82 Å². The van der Waals surface area contributed by atoms with Crippen LogP contribution in [0.25, 0.3) is 0 Å². The normalized spacial score (nSPS) is 17.7. The molecular weight excluding hydrogens is 271 g/mol. The van der Waals surface area contributed by atoms with E-state index in [9.17, 15) is 9.18 Å². The van der Waals surface area contributed by atoms with Gasteiger partial charge in [0.25, 0.3) is 5.91 Å². The summed E-state index contributed by atoms with van der Waals surface area (Å²) in [6.45, 7) is 0.957. The molecule has 2 heterocycles. The summed E-state index contributed by atoms with van der Waals surface area (Å²) >= 11 is 0. The second kappa shape index (κ2) is 5.97. The first-order valence-electron chi connectivity index (χ1n) is 6.84. The minimum absolute atomic E-state index is 0.163. The summed E-state index contributed by atoms with van der Waals surface area (Å²) in [7, 11) is 0. The molecule has 1 fully saturated rings. The van der Waals surface area contributed by atoms with Crippen LogP contribution in [0.3, 0.4) is 0 Å². The molecule has 1 aromatic heterocycles. The predicted octanol–water partition coefficient (Wildman–Crippen LogP) is 2.29. The Morgan fingerprint density at radius 2 is 2.10 bits per heavy atom. The topological polar surface area (TPSA) is 66.9 Å². The maximum absolute atomic E-state index is 12.8. The lowest BCUT2D eigenvalue weighted by molar-refractivity contribution is 0.102. The third-order valence-corrected chi connectivity index (χ3v) is 3.41. The summed E-state index contributed by atoms with van der Waals surface area (Å²) in [5, 5.41) is 5.99. The first-order chi connectivity index (χ1) is 10.2. The number of rotatable bonds is 3. The molecule has 0 spiro atoms. The monoisotopic (exact) mass is 286 g/mol. The van der Waals surface area contributed by atoms with E-state index in [2.05, 4.69) is 20.6 Å². The molecule has 0 unspecified atom stereocenters. The fraction of sp³-hybridized carbons (Fsp3) is 0.267. The highest BCUT2D eigenvalue weighted by Gasteiger charge is 2.19. The Morgan fingerprint density at radius 1 is 1.29 bits per heavy atom. The van der Waals surface area contributed by atoms with E-state index in [1.54, 1.807) is 6.20 Å². The summed E-state index contributed by atoms with van der Waals surface area (Å²) in [6, 6.07) is 5.75. The molecule has 1 amide bonds. The van der Waals surface area contributed by atoms with E-state index in [-0.39, 0.29) is 23.5 Å². The Labute approximate surface area is 121 Å². The molecule has 0 aliphatic carbocycles. The number of hydrogen-bond acceptors (Lipinski definition) is 4. The van der Waals surface area contributed by atoms with Gasteiger partial charge in [-0.1, -0.05) is 0 Å². The van der Waals surface area contributed by atoms with E-state index in [0.717, 1.165) is 25.1 Å². The van der Waals surface area contributed by atoms with E-state index >= 15 is 0 Å². The second-order valence-electron chi connectivity index (χ2n) is 4.94. The van der Waals surface area contributed by atoms with Gasteiger partial charge in [0.15, 0.2) is 0 Å². The van der Waals surface area contributed by atoms with Gasteiger partial charge in [-0.3, -0.25) is 9.78 Å². The third-order valence-electron chi connectivity index (χ3n) is 3.41. The zero-order valence-corrected chi connectivity index (χ0v) is 11.3. The fourth-order valence-corrected chi connectivity index (χ4v) is 2.32. The number of hydrogen-bond donors (Lipinski definition) is 2. The fourth-order valence-electron chi connectivity index (χ4n) is 2.32. The quantitative estimate of drug-likeness (QED) is 0.908. The number of carbonyl (C=O) groups is 1. The average molecular weight is 286 g/mol. The largest absolute Gasteiger partial charge is 0.321 e. The van der Waals surface area contributed by atoms with Crippen LogP contribution < -0.4 is 10.6 Å². The zero-order chi connectivity index (χ0) is 14.7. The van der Waals surface area contributed by atoms with Gasteiger partial charge < -0.3 is 10.6 Å². The molecule has 1 aliphatic heterocycles. The number of nitrogens with zero attached hydrogens (tertiary/aromatic N) is 2. The minimum Gasteiger partial charge on any atom is -0.321 e. The van der Waals surface area contributed by atoms with Gasteiger partial charge in [0.05, 0.1) is 24.1 Å². The van der Waals surface area contributed by atoms with Crippen LogP contribution in [0.1, 0.15) is 35.1 Å². The number of nitrogens with one attached hydrogen (secondary N) is 2. The lowest BCUT2D eigenvalue weighted by atomic mass is 10.1. The van der Waals surface area contributed by atoms with Crippen LogP contribution in [0.2, 0.25) is 0 Å². The smallest absolute Gasteiger partial charge is 0.275 e. The highest BCUT2D eigenvalue weighted by atomic mass is 19.1. The van der Waals surface area contributed by atoms with Crippen molar-refractivity contribution >= 4 is 11.6 Å². The van der Waals surface area contributed by atoms with Crippen molar-refractivity contribution in [1.29, 1.82) is 0 Å². The van der Waals surface area contributed by atoms with Crippen molar-refractivity contribution in [2.24, 2.45) is 0 Å². The summed E-state index contributed by atoms with van der Waals surface area (Å²) in [5.74, 6) is -0.698. The maximum atomic E-state index is 12.8. The summed E-state index contributed by atoms with van der Waals surface area (Å²) in [4.78, 5) is 20.6. The number of benzene rings is 1. The summed E-state index contributed by atoms with van der Waals surface area (Å²) < 4.78 is 12.8. The van der Waals surface area contributed by atoms with Crippen molar-refractivity contribution in [2.75, 3.05) is 11.9 Å². The van der Waals surface area contributed by atoms with Gasteiger partial charge in [0, 0.05) is 5.69 Å². The summed E-state index contributed by atoms with van der Waals surface area (Å²) in [5.41, 5.74) is 1.55. The molecule has 0 radical (unpaired) electrons. The van der Waals surface area contributed by atoms with Gasteiger partial charge in [-0.05, 0) is 43.7 Å². The molecule has 0 bridgehead atoms. The summed E-state index contributed by atoms with van der Waals surface area (Å²) in [6.07, 6.45) is 5.20. The van der Waals surface area contributed by atoms with Crippen LogP contribution in [0.4, 0.5) is 10.1 Å². The van der Waals surface area contributed by atoms with Gasteiger partial charge in [0.2, 0.25) is 0 Å². The first-order valence-corrected chi connectivity index (χ1v) is 6.84. The molecule has 108 valence electrons. The number of amides is 1. The molecule has 1 atom stereocenters. The predicted molar refractivity (Wildman–Crippen MR) is 76.4 cm³/mol. The maximum Gasteiger partial charge on any atom is 0.275 e. The minimum atomic E-state index is -0.353. The Bertz CT molecular complexity index is 638. The molecule has 2 N–H and O–H groups in total. The Morgan fingerprint density at radius 3 is 2.81 bits per heavy atom. The molecule has 2 aromatic rings. The Kier molecular flexibility index (Phi) is 3.87. The lowest BCUT2D eigenvalue weighted by Gasteiger charge is -2.10. The molecule has 1 aromatic carbocycles. The molecule has 1 aliphatic rings. The molecular formula is C15H15FN4O. The number of carbonyl (C=O) groups excluding carboxylic acids is 1. The lowest BCUT2D eigenvalue weighted by Crippen LogP contribution is -2.19. The third kappa shape index (κ3) is 3.22. The van der Waals surface area contributed by atoms with E-state index < -0.39 is 0 Å². The molecule has 21 heavy (non-hydrogen) atoms. The number of halogens is 1. The van der Waals surface area contributed by atoms with Gasteiger partial charge in [-0.15, -0.1) is 0 Å². The Hall–Kier alpha value is -2.34. The number of anilines is 1. The van der Waals surface area contributed by atoms with Gasteiger partial charge in [-0.2, -0.15) is 0 Å². The van der Waals surface area contributed by atoms with Crippen molar-refractivity contribution in [3.63, 3.8) is 0 Å². The molecule has 5 nitrogen and oxygen atoms in total. The molecule has 6 heteroatoms. The van der Waals surface area contributed by atoms with Crippen LogP contribution in [-0.4, -0.2) is 22.4 Å². The van der Waals surface area contributed by atoms with Crippen molar-refractivity contribution in [1.82, 2.24) is 15.3 Å². The van der Waals surface area contributed by atoms with Gasteiger partial charge in [-0.25, -0.2) is 9.37 Å². The standard InChI is InChI=1S/C15H15FN4O/c16-10-3-5-11(6-4-10)19-15(21)14-9-17-8-13(20-14)12-2-1-7-18-12/h3-6,8-9,12,18H,1-2,7H2,(H,19,21)/t12-/m0/s1. The van der Waals surface area contributed by atoms with Gasteiger partial charge in [0.1, 0.15) is 11.5 Å². The van der Waals surface area contributed by atoms with E-state index in [0.29, 0.717) is 5.69 Å². The van der Waals surface area contributed by atoms with E-state index in [1.807, 2.05) is 0 Å². The zero-order valence-electron chi connectivity index (χ0n) is 11.3. The number of aromatic nitrogens is 2. The van der Waals surface area contributed by atoms with Crippen LogP contribution in [0.5, 0.6) is 0 Å². The van der Waals surface area contributed by atoms with Crippen molar-refractivity contribution in [3.8, 4) is 0 Å². The second-order valence-corrected chi connectivity index (χ2v) is 4.94. The van der Waals surface area contributed by atoms with Crippen LogP contribution in [-0.2, 0) is 0 Å². The van der Waals surface area contributed by atoms with Crippen molar-refractivity contribution in [2.45, 2.75) is 18.9 Å². The van der Waals surface area contributed by atoms with Gasteiger partial charge >= 0.3 is 0 Å². The molecule has 3 rings (SSSR count). The van der Waals surface area contributed by atoms with E-state index in [1.165, 1.54) is 30.5 Å². The molecule has 0 saturated carbocycles. The average Bonchev–Trinajstić information content (AvgIpc) is 3.04. The Balaban J connectivity index is 1.74.